The van der Waals surface area contributed by atoms with Gasteiger partial charge in [-0.3, -0.25) is 9.59 Å². The number of thioether (sulfide) groups is 1. The van der Waals surface area contributed by atoms with Gasteiger partial charge in [-0.1, -0.05) is 59.8 Å². The number of carbonyl (C=O) groups is 2. The highest BCUT2D eigenvalue weighted by Crippen LogP contribution is 2.38. The lowest BCUT2D eigenvalue weighted by molar-refractivity contribution is -0.121. The van der Waals surface area contributed by atoms with Gasteiger partial charge in [-0.15, -0.1) is 0 Å². The van der Waals surface area contributed by atoms with Gasteiger partial charge in [-0.2, -0.15) is 10.1 Å². The molecule has 10 heteroatoms. The Hall–Kier alpha value is -3.56. The molecule has 0 spiro atoms. The second-order valence-electron chi connectivity index (χ2n) is 8.24. The number of anilines is 1. The van der Waals surface area contributed by atoms with Crippen LogP contribution in [0.4, 0.5) is 14.5 Å². The van der Waals surface area contributed by atoms with Crippen LogP contribution >= 0.6 is 23.4 Å². The minimum atomic E-state index is -0.721. The molecule has 36 heavy (non-hydrogen) atoms. The highest BCUT2D eigenvalue weighted by atomic mass is 35.5. The van der Waals surface area contributed by atoms with Crippen LogP contribution in [0.25, 0.3) is 0 Å². The van der Waals surface area contributed by atoms with Crippen LogP contribution in [0.5, 0.6) is 0 Å². The van der Waals surface area contributed by atoms with Gasteiger partial charge in [-0.25, -0.2) is 13.8 Å². The second-order valence-corrected chi connectivity index (χ2v) is 9.82. The summed E-state index contributed by atoms with van der Waals surface area (Å²) in [6, 6.07) is 18.5. The van der Waals surface area contributed by atoms with E-state index in [1.165, 1.54) is 24.3 Å². The fraction of sp³-hybridized carbons (Fsp3) is 0.154. The topological polar surface area (TPSA) is 74.1 Å². The number of para-hydroxylation sites is 1. The van der Waals surface area contributed by atoms with E-state index >= 15 is 0 Å². The zero-order valence-electron chi connectivity index (χ0n) is 18.7. The Morgan fingerprint density at radius 1 is 1.03 bits per heavy atom. The average molecular weight is 525 g/mol. The van der Waals surface area contributed by atoms with Crippen molar-refractivity contribution < 1.29 is 18.4 Å². The quantitative estimate of drug-likeness (QED) is 0.458. The summed E-state index contributed by atoms with van der Waals surface area (Å²) in [7, 11) is 0. The molecule has 3 aromatic carbocycles. The molecular weight excluding hydrogens is 506 g/mol. The van der Waals surface area contributed by atoms with Crippen molar-refractivity contribution in [2.75, 3.05) is 5.32 Å². The molecule has 6 nitrogen and oxygen atoms in total. The van der Waals surface area contributed by atoms with Gasteiger partial charge in [0.15, 0.2) is 5.17 Å². The summed E-state index contributed by atoms with van der Waals surface area (Å²) < 4.78 is 27.0. The van der Waals surface area contributed by atoms with E-state index in [0.29, 0.717) is 28.0 Å². The van der Waals surface area contributed by atoms with Crippen LogP contribution in [-0.2, 0) is 9.59 Å². The number of amides is 2. The number of nitrogens with one attached hydrogen (secondary N) is 1. The number of amidine groups is 1. The van der Waals surface area contributed by atoms with Crippen molar-refractivity contribution in [1.29, 1.82) is 0 Å². The predicted octanol–water partition coefficient (Wildman–Crippen LogP) is 5.80. The Balaban J connectivity index is 1.36. The van der Waals surface area contributed by atoms with Crippen molar-refractivity contribution in [2.24, 2.45) is 10.1 Å². The molecule has 2 aliphatic rings. The number of carbonyl (C=O) groups excluding carboxylic acids is 2. The van der Waals surface area contributed by atoms with Crippen LogP contribution < -0.4 is 5.32 Å². The molecule has 0 fully saturated rings. The summed E-state index contributed by atoms with van der Waals surface area (Å²) >= 11 is 7.26. The standard InChI is InChI=1S/C26H19ClF2N4O2S/c27-19-3-1-2-4-20(19)30-24(34)14-23-25(35)31-26(36-23)33-22(16-7-11-18(29)12-8-16)13-21(32-33)15-5-9-17(28)10-6-15/h1-12,22-23H,13-14H2,(H,30,34)/t22-,23-/m0/s1. The number of rotatable bonds is 5. The van der Waals surface area contributed by atoms with E-state index in [4.69, 9.17) is 11.6 Å². The maximum Gasteiger partial charge on any atom is 0.262 e. The monoisotopic (exact) mass is 524 g/mol. The lowest BCUT2D eigenvalue weighted by atomic mass is 9.98. The third kappa shape index (κ3) is 5.17. The van der Waals surface area contributed by atoms with Gasteiger partial charge in [0, 0.05) is 12.8 Å². The molecule has 2 heterocycles. The molecule has 1 N–H and O–H groups in total. The van der Waals surface area contributed by atoms with E-state index in [-0.39, 0.29) is 30.0 Å². The molecular formula is C26H19ClF2N4O2S. The molecule has 5 rings (SSSR count). The average Bonchev–Trinajstić information content (AvgIpc) is 3.45. The van der Waals surface area contributed by atoms with E-state index in [1.54, 1.807) is 53.5 Å². The van der Waals surface area contributed by atoms with Crippen molar-refractivity contribution >= 4 is 51.7 Å². The molecule has 2 atom stereocenters. The fourth-order valence-electron chi connectivity index (χ4n) is 3.98. The molecule has 0 saturated heterocycles. The lowest BCUT2D eigenvalue weighted by Gasteiger charge is -2.23. The first-order chi connectivity index (χ1) is 17.4. The molecule has 3 aromatic rings. The Morgan fingerprint density at radius 3 is 2.39 bits per heavy atom. The Labute approximate surface area is 215 Å². The van der Waals surface area contributed by atoms with E-state index in [2.05, 4.69) is 15.4 Å². The van der Waals surface area contributed by atoms with Crippen molar-refractivity contribution in [3.8, 4) is 0 Å². The first-order valence-corrected chi connectivity index (χ1v) is 12.3. The first kappa shape index (κ1) is 24.1. The number of halogens is 3. The van der Waals surface area contributed by atoms with E-state index in [9.17, 15) is 18.4 Å². The van der Waals surface area contributed by atoms with Crippen molar-refractivity contribution in [3.05, 3.63) is 101 Å². The second kappa shape index (κ2) is 10.2. The van der Waals surface area contributed by atoms with Gasteiger partial charge in [0.1, 0.15) is 16.9 Å². The predicted molar refractivity (Wildman–Crippen MR) is 137 cm³/mol. The van der Waals surface area contributed by atoms with Crippen molar-refractivity contribution in [2.45, 2.75) is 24.1 Å². The summed E-state index contributed by atoms with van der Waals surface area (Å²) in [5, 5.41) is 9.06. The molecule has 0 bridgehead atoms. The fourth-order valence-corrected chi connectivity index (χ4v) is 5.23. The van der Waals surface area contributed by atoms with Gasteiger partial charge in [-0.05, 0) is 47.5 Å². The molecule has 0 aliphatic carbocycles. The summed E-state index contributed by atoms with van der Waals surface area (Å²) in [4.78, 5) is 29.5. The third-order valence-electron chi connectivity index (χ3n) is 5.79. The smallest absolute Gasteiger partial charge is 0.262 e. The zero-order valence-corrected chi connectivity index (χ0v) is 20.3. The molecule has 2 aliphatic heterocycles. The summed E-state index contributed by atoms with van der Waals surface area (Å²) in [5.41, 5.74) is 2.66. The molecule has 0 unspecified atom stereocenters. The lowest BCUT2D eigenvalue weighted by Crippen LogP contribution is -2.25. The number of hydrazone groups is 1. The zero-order chi connectivity index (χ0) is 25.2. The summed E-state index contributed by atoms with van der Waals surface area (Å²) in [6.45, 7) is 0. The SMILES string of the molecule is O=C(C[C@@H]1SC(N2N=C(c3ccc(F)cc3)C[C@H]2c2ccc(F)cc2)=NC1=O)Nc1ccccc1Cl. The Bertz CT molecular complexity index is 1380. The number of hydrogen-bond acceptors (Lipinski definition) is 5. The van der Waals surface area contributed by atoms with Gasteiger partial charge in [0.05, 0.1) is 22.5 Å². The van der Waals surface area contributed by atoms with E-state index in [0.717, 1.165) is 22.9 Å². The highest BCUT2D eigenvalue weighted by molar-refractivity contribution is 8.15. The van der Waals surface area contributed by atoms with Gasteiger partial charge < -0.3 is 5.32 Å². The van der Waals surface area contributed by atoms with Crippen LogP contribution in [0.1, 0.15) is 30.0 Å². The number of hydrogen-bond donors (Lipinski definition) is 1. The summed E-state index contributed by atoms with van der Waals surface area (Å²) in [5.74, 6) is -1.52. The van der Waals surface area contributed by atoms with Crippen LogP contribution in [-0.4, -0.2) is 33.0 Å². The molecule has 0 radical (unpaired) electrons. The third-order valence-corrected chi connectivity index (χ3v) is 7.26. The van der Waals surface area contributed by atoms with Gasteiger partial charge in [0.25, 0.3) is 5.91 Å². The normalized spacial score (nSPS) is 19.3. The molecule has 2 amide bonds. The Morgan fingerprint density at radius 2 is 1.69 bits per heavy atom. The van der Waals surface area contributed by atoms with Crippen LogP contribution in [0, 0.1) is 11.6 Å². The van der Waals surface area contributed by atoms with E-state index < -0.39 is 11.2 Å². The van der Waals surface area contributed by atoms with Crippen molar-refractivity contribution in [1.82, 2.24) is 5.01 Å². The molecule has 0 saturated carbocycles. The van der Waals surface area contributed by atoms with Gasteiger partial charge >= 0.3 is 0 Å². The van der Waals surface area contributed by atoms with Crippen LogP contribution in [0.3, 0.4) is 0 Å². The summed E-state index contributed by atoms with van der Waals surface area (Å²) in [6.07, 6.45) is 0.355. The first-order valence-electron chi connectivity index (χ1n) is 11.1. The molecule has 0 aromatic heterocycles. The van der Waals surface area contributed by atoms with Gasteiger partial charge in [0.2, 0.25) is 5.91 Å². The number of benzene rings is 3. The Kier molecular flexibility index (Phi) is 6.84. The largest absolute Gasteiger partial charge is 0.325 e. The minimum Gasteiger partial charge on any atom is -0.325 e. The van der Waals surface area contributed by atoms with Crippen LogP contribution in [0.2, 0.25) is 5.02 Å². The van der Waals surface area contributed by atoms with Crippen LogP contribution in [0.15, 0.2) is 82.9 Å². The number of nitrogens with zero attached hydrogens (tertiary/aromatic N) is 3. The number of aliphatic imine (C=N–C) groups is 1. The minimum absolute atomic E-state index is 0.0920. The maximum absolute atomic E-state index is 13.6. The molecule has 182 valence electrons. The highest BCUT2D eigenvalue weighted by Gasteiger charge is 2.39. The maximum atomic E-state index is 13.6. The van der Waals surface area contributed by atoms with Crippen molar-refractivity contribution in [3.63, 3.8) is 0 Å². The van der Waals surface area contributed by atoms with E-state index in [1.807, 2.05) is 0 Å².